The molecule has 1 fully saturated rings. The fraction of sp³-hybridized carbons (Fsp3) is 0.222. The van der Waals surface area contributed by atoms with Gasteiger partial charge in [-0.1, -0.05) is 54.5 Å². The molecule has 2 aromatic carbocycles. The van der Waals surface area contributed by atoms with Gasteiger partial charge in [0.1, 0.15) is 0 Å². The van der Waals surface area contributed by atoms with E-state index in [4.69, 9.17) is 9.66 Å². The Morgan fingerprint density at radius 3 is 2.43 bits per heavy atom. The molecule has 0 saturated heterocycles. The van der Waals surface area contributed by atoms with E-state index in [0.717, 1.165) is 16.3 Å². The molecule has 4 rings (SSSR count). The average molecular weight is 323 g/mol. The van der Waals surface area contributed by atoms with Gasteiger partial charge in [-0.2, -0.15) is 4.98 Å². The van der Waals surface area contributed by atoms with Crippen LogP contribution in [0.5, 0.6) is 0 Å². The molecule has 0 amide bonds. The van der Waals surface area contributed by atoms with Crippen LogP contribution in [-0.2, 0) is 0 Å². The molecule has 1 aliphatic rings. The molecule has 116 valence electrons. The molecule has 23 heavy (non-hydrogen) atoms. The Labute approximate surface area is 139 Å². The van der Waals surface area contributed by atoms with Crippen molar-refractivity contribution in [3.05, 3.63) is 66.1 Å². The van der Waals surface area contributed by atoms with Crippen molar-refractivity contribution in [1.82, 2.24) is 10.1 Å². The zero-order chi connectivity index (χ0) is 15.8. The van der Waals surface area contributed by atoms with Crippen LogP contribution >= 0.6 is 11.9 Å². The number of hydrogen-bond donors (Lipinski definition) is 1. The second-order valence-corrected chi connectivity index (χ2v) is 6.63. The summed E-state index contributed by atoms with van der Waals surface area (Å²) in [5.74, 6) is 2.65. The molecule has 0 aliphatic heterocycles. The van der Waals surface area contributed by atoms with Crippen LogP contribution in [0.3, 0.4) is 0 Å². The molecule has 3 atom stereocenters. The van der Waals surface area contributed by atoms with Crippen LogP contribution < -0.4 is 5.14 Å². The first-order valence-electron chi connectivity index (χ1n) is 7.63. The van der Waals surface area contributed by atoms with Gasteiger partial charge in [0.05, 0.1) is 0 Å². The summed E-state index contributed by atoms with van der Waals surface area (Å²) in [4.78, 5) is 5.67. The van der Waals surface area contributed by atoms with Crippen molar-refractivity contribution in [2.45, 2.75) is 23.7 Å². The van der Waals surface area contributed by atoms with E-state index in [1.54, 1.807) is 0 Å². The number of hydrogen-bond acceptors (Lipinski definition) is 5. The van der Waals surface area contributed by atoms with E-state index < -0.39 is 0 Å². The van der Waals surface area contributed by atoms with Gasteiger partial charge >= 0.3 is 0 Å². The highest BCUT2D eigenvalue weighted by atomic mass is 32.2. The number of benzene rings is 2. The molecule has 0 bridgehead atoms. The minimum absolute atomic E-state index is 0.302. The first-order chi connectivity index (χ1) is 11.3. The Balaban J connectivity index is 1.56. The van der Waals surface area contributed by atoms with Gasteiger partial charge in [-0.3, -0.25) is 5.14 Å². The molecule has 3 unspecified atom stereocenters. The highest BCUT2D eigenvalue weighted by Crippen LogP contribution is 2.59. The highest BCUT2D eigenvalue weighted by Gasteiger charge is 2.52. The molecule has 0 radical (unpaired) electrons. The van der Waals surface area contributed by atoms with Gasteiger partial charge in [0.2, 0.25) is 11.7 Å². The molecule has 1 aromatic heterocycles. The Morgan fingerprint density at radius 1 is 1.00 bits per heavy atom. The lowest BCUT2D eigenvalue weighted by atomic mass is 10.1. The van der Waals surface area contributed by atoms with Gasteiger partial charge in [-0.25, -0.2) is 0 Å². The van der Waals surface area contributed by atoms with Crippen LogP contribution in [0.2, 0.25) is 0 Å². The van der Waals surface area contributed by atoms with E-state index in [1.165, 1.54) is 17.5 Å². The fourth-order valence-electron chi connectivity index (χ4n) is 3.20. The second-order valence-electron chi connectivity index (χ2n) is 5.92. The van der Waals surface area contributed by atoms with Gasteiger partial charge < -0.3 is 4.52 Å². The van der Waals surface area contributed by atoms with Gasteiger partial charge in [0.25, 0.3) is 0 Å². The van der Waals surface area contributed by atoms with Crippen LogP contribution in [0.1, 0.15) is 30.2 Å². The molecule has 4 nitrogen and oxygen atoms in total. The number of nitrogens with zero attached hydrogens (tertiary/aromatic N) is 2. The molecule has 1 heterocycles. The summed E-state index contributed by atoms with van der Waals surface area (Å²) >= 11 is 1.27. The van der Waals surface area contributed by atoms with Crippen molar-refractivity contribution in [2.75, 3.05) is 0 Å². The molecule has 1 saturated carbocycles. The standard InChI is InChI=1S/C18H17N3OS/c1-11-15(12-7-9-14(23-19)10-8-12)16(11)18-20-17(21-22-18)13-5-3-2-4-6-13/h2-11,15-16H,19H2,1H3. The lowest BCUT2D eigenvalue weighted by molar-refractivity contribution is 0.376. The predicted octanol–water partition coefficient (Wildman–Crippen LogP) is 4.22. The minimum Gasteiger partial charge on any atom is -0.339 e. The van der Waals surface area contributed by atoms with E-state index in [0.29, 0.717) is 23.6 Å². The summed E-state index contributed by atoms with van der Waals surface area (Å²) in [6.07, 6.45) is 0. The highest BCUT2D eigenvalue weighted by molar-refractivity contribution is 7.97. The van der Waals surface area contributed by atoms with E-state index in [2.05, 4.69) is 41.3 Å². The van der Waals surface area contributed by atoms with E-state index >= 15 is 0 Å². The monoisotopic (exact) mass is 323 g/mol. The smallest absolute Gasteiger partial charge is 0.230 e. The van der Waals surface area contributed by atoms with Gasteiger partial charge in [0.15, 0.2) is 0 Å². The Bertz CT molecular complexity index is 801. The van der Waals surface area contributed by atoms with Crippen molar-refractivity contribution in [1.29, 1.82) is 0 Å². The van der Waals surface area contributed by atoms with Crippen molar-refractivity contribution in [3.63, 3.8) is 0 Å². The van der Waals surface area contributed by atoms with Crippen molar-refractivity contribution in [3.8, 4) is 11.4 Å². The molecular weight excluding hydrogens is 306 g/mol. The maximum atomic E-state index is 5.58. The molecule has 1 aliphatic carbocycles. The van der Waals surface area contributed by atoms with Gasteiger partial charge in [-0.05, 0) is 41.5 Å². The molecule has 5 heteroatoms. The third kappa shape index (κ3) is 2.66. The van der Waals surface area contributed by atoms with Crippen LogP contribution in [0.25, 0.3) is 11.4 Å². The van der Waals surface area contributed by atoms with Crippen molar-refractivity contribution in [2.24, 2.45) is 11.1 Å². The Kier molecular flexibility index (Phi) is 3.67. The zero-order valence-electron chi connectivity index (χ0n) is 12.7. The number of aromatic nitrogens is 2. The summed E-state index contributed by atoms with van der Waals surface area (Å²) in [5.41, 5.74) is 2.29. The summed E-state index contributed by atoms with van der Waals surface area (Å²) in [6.45, 7) is 2.23. The largest absolute Gasteiger partial charge is 0.339 e. The van der Waals surface area contributed by atoms with Gasteiger partial charge in [-0.15, -0.1) is 0 Å². The summed E-state index contributed by atoms with van der Waals surface area (Å²) in [7, 11) is 0. The van der Waals surface area contributed by atoms with Crippen LogP contribution in [-0.4, -0.2) is 10.1 Å². The quantitative estimate of drug-likeness (QED) is 0.728. The molecule has 2 N–H and O–H groups in total. The predicted molar refractivity (Wildman–Crippen MR) is 90.9 cm³/mol. The SMILES string of the molecule is CC1C(c2ccc(SN)cc2)C1c1nc(-c2ccccc2)no1. The fourth-order valence-corrected chi connectivity index (χ4v) is 3.49. The van der Waals surface area contributed by atoms with Crippen molar-refractivity contribution < 1.29 is 4.52 Å². The third-order valence-corrected chi connectivity index (χ3v) is 5.08. The summed E-state index contributed by atoms with van der Waals surface area (Å²) in [5, 5.41) is 9.71. The average Bonchev–Trinajstić information content (AvgIpc) is 3.05. The van der Waals surface area contributed by atoms with Crippen LogP contribution in [0.15, 0.2) is 64.0 Å². The summed E-state index contributed by atoms with van der Waals surface area (Å²) < 4.78 is 5.52. The molecular formula is C18H17N3OS. The maximum Gasteiger partial charge on any atom is 0.230 e. The lowest BCUT2D eigenvalue weighted by Gasteiger charge is -2.00. The van der Waals surface area contributed by atoms with Crippen LogP contribution in [0.4, 0.5) is 0 Å². The topological polar surface area (TPSA) is 64.9 Å². The molecule has 3 aromatic rings. The number of rotatable bonds is 4. The Hall–Kier alpha value is -2.11. The third-order valence-electron chi connectivity index (χ3n) is 4.54. The van der Waals surface area contributed by atoms with E-state index in [-0.39, 0.29) is 0 Å². The Morgan fingerprint density at radius 2 is 1.74 bits per heavy atom. The number of nitrogens with two attached hydrogens (primary N) is 1. The van der Waals surface area contributed by atoms with E-state index in [9.17, 15) is 0 Å². The second kappa shape index (κ2) is 5.83. The van der Waals surface area contributed by atoms with Gasteiger partial charge in [0, 0.05) is 16.4 Å². The maximum absolute atomic E-state index is 5.58. The van der Waals surface area contributed by atoms with Crippen molar-refractivity contribution >= 4 is 11.9 Å². The zero-order valence-corrected chi connectivity index (χ0v) is 13.5. The first-order valence-corrected chi connectivity index (χ1v) is 8.51. The van der Waals surface area contributed by atoms with Crippen LogP contribution in [0, 0.1) is 5.92 Å². The minimum atomic E-state index is 0.302. The normalized spacial score (nSPS) is 23.0. The molecule has 0 spiro atoms. The van der Waals surface area contributed by atoms with E-state index in [1.807, 2.05) is 30.3 Å². The first kappa shape index (κ1) is 14.5. The summed E-state index contributed by atoms with van der Waals surface area (Å²) in [6, 6.07) is 18.3. The lowest BCUT2D eigenvalue weighted by Crippen LogP contribution is -1.86.